The minimum atomic E-state index is -0.466. The molecule has 30 heavy (non-hydrogen) atoms. The Bertz CT molecular complexity index is 966. The molecule has 1 amide bonds. The van der Waals surface area contributed by atoms with Crippen molar-refractivity contribution in [3.63, 3.8) is 0 Å². The highest BCUT2D eigenvalue weighted by Gasteiger charge is 2.26. The predicted octanol–water partition coefficient (Wildman–Crippen LogP) is 4.32. The standard InChI is InChI=1S/C22H21N3O5/c26-21(24-13-10-20(11-14-24)30-22(27)25-15-12-23-16-25)29-19-8-6-18(7-9-19)28-17-4-2-1-3-5-17/h1-9,12,15-16,20H,10-11,13-14H2. The zero-order valence-electron chi connectivity index (χ0n) is 16.2. The third-order valence-corrected chi connectivity index (χ3v) is 4.69. The molecule has 2 heterocycles. The van der Waals surface area contributed by atoms with Crippen molar-refractivity contribution < 1.29 is 23.8 Å². The molecule has 0 saturated carbocycles. The Kier molecular flexibility index (Phi) is 5.93. The van der Waals surface area contributed by atoms with E-state index in [9.17, 15) is 9.59 Å². The van der Waals surface area contributed by atoms with Crippen LogP contribution in [-0.4, -0.2) is 45.8 Å². The Morgan fingerprint density at radius 1 is 0.867 bits per heavy atom. The molecule has 0 bridgehead atoms. The molecule has 0 unspecified atom stereocenters. The summed E-state index contributed by atoms with van der Waals surface area (Å²) >= 11 is 0. The van der Waals surface area contributed by atoms with E-state index in [1.165, 1.54) is 23.3 Å². The lowest BCUT2D eigenvalue weighted by Crippen LogP contribution is -2.43. The van der Waals surface area contributed by atoms with Gasteiger partial charge in [0, 0.05) is 38.3 Å². The number of nitrogens with zero attached hydrogens (tertiary/aromatic N) is 3. The number of benzene rings is 2. The molecule has 8 nitrogen and oxygen atoms in total. The van der Waals surface area contributed by atoms with Crippen LogP contribution in [0.5, 0.6) is 17.2 Å². The topological polar surface area (TPSA) is 82.9 Å². The summed E-state index contributed by atoms with van der Waals surface area (Å²) in [6, 6.07) is 16.3. The second-order valence-corrected chi connectivity index (χ2v) is 6.79. The van der Waals surface area contributed by atoms with Gasteiger partial charge >= 0.3 is 12.2 Å². The maximum Gasteiger partial charge on any atom is 0.419 e. The highest BCUT2D eigenvalue weighted by atomic mass is 16.6. The van der Waals surface area contributed by atoms with Gasteiger partial charge in [-0.25, -0.2) is 19.1 Å². The second kappa shape index (κ2) is 9.13. The second-order valence-electron chi connectivity index (χ2n) is 6.79. The normalized spacial score (nSPS) is 14.2. The first-order valence-electron chi connectivity index (χ1n) is 9.66. The summed E-state index contributed by atoms with van der Waals surface area (Å²) in [4.78, 5) is 29.8. The fourth-order valence-electron chi connectivity index (χ4n) is 3.09. The third-order valence-electron chi connectivity index (χ3n) is 4.69. The quantitative estimate of drug-likeness (QED) is 0.640. The Hall–Kier alpha value is -3.81. The number of rotatable bonds is 4. The van der Waals surface area contributed by atoms with E-state index in [2.05, 4.69) is 4.98 Å². The van der Waals surface area contributed by atoms with Crippen molar-refractivity contribution >= 4 is 12.2 Å². The van der Waals surface area contributed by atoms with Crippen molar-refractivity contribution in [2.45, 2.75) is 18.9 Å². The van der Waals surface area contributed by atoms with E-state index in [0.717, 1.165) is 5.75 Å². The third kappa shape index (κ3) is 4.96. The Labute approximate surface area is 173 Å². The van der Waals surface area contributed by atoms with Crippen LogP contribution in [0.2, 0.25) is 0 Å². The first-order chi connectivity index (χ1) is 14.7. The van der Waals surface area contributed by atoms with Crippen LogP contribution in [0.25, 0.3) is 0 Å². The van der Waals surface area contributed by atoms with Gasteiger partial charge in [-0.2, -0.15) is 0 Å². The number of carbonyl (C=O) groups is 2. The first kappa shape index (κ1) is 19.5. The van der Waals surface area contributed by atoms with E-state index in [1.54, 1.807) is 29.2 Å². The van der Waals surface area contributed by atoms with E-state index in [1.807, 2.05) is 30.3 Å². The van der Waals surface area contributed by atoms with E-state index in [-0.39, 0.29) is 6.10 Å². The average molecular weight is 407 g/mol. The summed E-state index contributed by atoms with van der Waals surface area (Å²) < 4.78 is 17.9. The van der Waals surface area contributed by atoms with Crippen molar-refractivity contribution in [3.05, 3.63) is 73.3 Å². The molecule has 0 aliphatic carbocycles. The fraction of sp³-hybridized carbons (Fsp3) is 0.227. The van der Waals surface area contributed by atoms with Gasteiger partial charge in [0.2, 0.25) is 0 Å². The van der Waals surface area contributed by atoms with Gasteiger partial charge in [-0.3, -0.25) is 0 Å². The van der Waals surface area contributed by atoms with E-state index < -0.39 is 12.2 Å². The molecule has 2 aromatic carbocycles. The molecule has 4 rings (SSSR count). The molecule has 8 heteroatoms. The van der Waals surface area contributed by atoms with Crippen LogP contribution in [0, 0.1) is 0 Å². The van der Waals surface area contributed by atoms with Crippen LogP contribution in [0.4, 0.5) is 9.59 Å². The Morgan fingerprint density at radius 3 is 2.20 bits per heavy atom. The minimum Gasteiger partial charge on any atom is -0.457 e. The molecule has 0 spiro atoms. The molecular weight excluding hydrogens is 386 g/mol. The van der Waals surface area contributed by atoms with E-state index >= 15 is 0 Å². The molecule has 1 saturated heterocycles. The lowest BCUT2D eigenvalue weighted by Gasteiger charge is -2.30. The lowest BCUT2D eigenvalue weighted by atomic mass is 10.1. The van der Waals surface area contributed by atoms with Gasteiger partial charge in [0.05, 0.1) is 0 Å². The highest BCUT2D eigenvalue weighted by molar-refractivity contribution is 5.71. The minimum absolute atomic E-state index is 0.238. The van der Waals surface area contributed by atoms with Gasteiger partial charge in [-0.1, -0.05) is 18.2 Å². The SMILES string of the molecule is O=C(Oc1ccc(Oc2ccccc2)cc1)N1CCC(OC(=O)n2ccnc2)CC1. The summed E-state index contributed by atoms with van der Waals surface area (Å²) in [5.74, 6) is 1.83. The van der Waals surface area contributed by atoms with Crippen molar-refractivity contribution in [1.82, 2.24) is 14.5 Å². The molecule has 0 atom stereocenters. The lowest BCUT2D eigenvalue weighted by molar-refractivity contribution is 0.0532. The molecule has 0 radical (unpaired) electrons. The van der Waals surface area contributed by atoms with Crippen LogP contribution in [0.1, 0.15) is 12.8 Å². The van der Waals surface area contributed by atoms with Gasteiger partial charge in [0.1, 0.15) is 29.7 Å². The maximum atomic E-state index is 12.4. The van der Waals surface area contributed by atoms with Gasteiger partial charge in [-0.05, 0) is 36.4 Å². The molecule has 1 aliphatic rings. The first-order valence-corrected chi connectivity index (χ1v) is 9.66. The number of imidazole rings is 1. The van der Waals surface area contributed by atoms with Gasteiger partial charge in [0.15, 0.2) is 0 Å². The number of amides is 1. The molecule has 3 aromatic rings. The number of ether oxygens (including phenoxy) is 3. The number of piperidine rings is 1. The molecule has 1 aliphatic heterocycles. The Morgan fingerprint density at radius 2 is 1.53 bits per heavy atom. The highest BCUT2D eigenvalue weighted by Crippen LogP contribution is 2.24. The van der Waals surface area contributed by atoms with Gasteiger partial charge in [0.25, 0.3) is 0 Å². The van der Waals surface area contributed by atoms with Crippen molar-refractivity contribution in [3.8, 4) is 17.2 Å². The van der Waals surface area contributed by atoms with E-state index in [0.29, 0.717) is 37.4 Å². The molecule has 1 aromatic heterocycles. The van der Waals surface area contributed by atoms with Crippen molar-refractivity contribution in [2.24, 2.45) is 0 Å². The molecular formula is C22H21N3O5. The Balaban J connectivity index is 1.24. The van der Waals surface area contributed by atoms with Crippen LogP contribution in [-0.2, 0) is 4.74 Å². The van der Waals surface area contributed by atoms with Crippen LogP contribution < -0.4 is 9.47 Å². The van der Waals surface area contributed by atoms with E-state index in [4.69, 9.17) is 14.2 Å². The fourth-order valence-corrected chi connectivity index (χ4v) is 3.09. The zero-order chi connectivity index (χ0) is 20.8. The number of para-hydroxylation sites is 1. The summed E-state index contributed by atoms with van der Waals surface area (Å²) in [6.07, 6.45) is 4.42. The molecule has 154 valence electrons. The number of aromatic nitrogens is 2. The van der Waals surface area contributed by atoms with Crippen LogP contribution in [0.15, 0.2) is 73.3 Å². The number of carbonyl (C=O) groups excluding carboxylic acids is 2. The molecule has 1 fully saturated rings. The number of hydrogen-bond acceptors (Lipinski definition) is 6. The van der Waals surface area contributed by atoms with Crippen molar-refractivity contribution in [2.75, 3.05) is 13.1 Å². The number of likely N-dealkylation sites (tertiary alicyclic amines) is 1. The monoisotopic (exact) mass is 407 g/mol. The smallest absolute Gasteiger partial charge is 0.419 e. The predicted molar refractivity (Wildman–Crippen MR) is 108 cm³/mol. The molecule has 0 N–H and O–H groups in total. The van der Waals surface area contributed by atoms with Crippen molar-refractivity contribution in [1.29, 1.82) is 0 Å². The van der Waals surface area contributed by atoms with Crippen LogP contribution >= 0.6 is 0 Å². The zero-order valence-corrected chi connectivity index (χ0v) is 16.2. The van der Waals surface area contributed by atoms with Gasteiger partial charge in [-0.15, -0.1) is 0 Å². The average Bonchev–Trinajstić information content (AvgIpc) is 3.32. The largest absolute Gasteiger partial charge is 0.457 e. The van der Waals surface area contributed by atoms with Gasteiger partial charge < -0.3 is 19.1 Å². The summed E-state index contributed by atoms with van der Waals surface area (Å²) in [6.45, 7) is 0.909. The maximum absolute atomic E-state index is 12.4. The van der Waals surface area contributed by atoms with Crippen LogP contribution in [0.3, 0.4) is 0 Å². The number of hydrogen-bond donors (Lipinski definition) is 0. The summed E-state index contributed by atoms with van der Waals surface area (Å²) in [7, 11) is 0. The summed E-state index contributed by atoms with van der Waals surface area (Å²) in [5, 5.41) is 0. The summed E-state index contributed by atoms with van der Waals surface area (Å²) in [5.41, 5.74) is 0.